The lowest BCUT2D eigenvalue weighted by Gasteiger charge is -2.32. The van der Waals surface area contributed by atoms with Crippen molar-refractivity contribution in [3.8, 4) is 17.0 Å². The van der Waals surface area contributed by atoms with Crippen LogP contribution in [0.25, 0.3) is 16.8 Å². The van der Waals surface area contributed by atoms with E-state index < -0.39 is 17.6 Å². The third-order valence-electron chi connectivity index (χ3n) is 7.16. The fraction of sp³-hybridized carbons (Fsp3) is 0.310. The number of carbonyl (C=O) groups excluding carboxylic acids is 3. The second kappa shape index (κ2) is 11.7. The number of nitrogens with one attached hydrogen (secondary N) is 2. The number of amides is 3. The molecule has 3 amide bonds. The van der Waals surface area contributed by atoms with Crippen molar-refractivity contribution in [1.82, 2.24) is 24.3 Å². The molecule has 224 valence electrons. The van der Waals surface area contributed by atoms with Crippen LogP contribution in [0.4, 0.5) is 24.8 Å². The van der Waals surface area contributed by atoms with Gasteiger partial charge in [-0.3, -0.25) is 18.8 Å². The second-order valence-corrected chi connectivity index (χ2v) is 10.1. The number of aromatic nitrogens is 4. The summed E-state index contributed by atoms with van der Waals surface area (Å²) in [4.78, 5) is 52.0. The van der Waals surface area contributed by atoms with Gasteiger partial charge in [0.2, 0.25) is 11.8 Å². The summed E-state index contributed by atoms with van der Waals surface area (Å²) < 4.78 is 41.0. The fourth-order valence-electron chi connectivity index (χ4n) is 5.17. The molecule has 3 aromatic heterocycles. The summed E-state index contributed by atoms with van der Waals surface area (Å²) >= 11 is 0. The number of benzene rings is 1. The molecule has 1 aromatic carbocycles. The number of halogens is 3. The van der Waals surface area contributed by atoms with E-state index in [1.807, 2.05) is 6.92 Å². The molecule has 1 aliphatic heterocycles. The lowest BCUT2D eigenvalue weighted by atomic mass is 9.97. The highest BCUT2D eigenvalue weighted by molar-refractivity contribution is 6.05. The van der Waals surface area contributed by atoms with E-state index in [1.54, 1.807) is 15.5 Å². The monoisotopic (exact) mass is 595 g/mol. The molecule has 0 radical (unpaired) electrons. The summed E-state index contributed by atoms with van der Waals surface area (Å²) in [5, 5.41) is 16.1. The average Bonchev–Trinajstić information content (AvgIpc) is 3.36. The van der Waals surface area contributed by atoms with Crippen LogP contribution in [-0.4, -0.2) is 60.2 Å². The summed E-state index contributed by atoms with van der Waals surface area (Å²) in [5.41, 5.74) is -0.0795. The molecule has 0 aliphatic carbocycles. The van der Waals surface area contributed by atoms with Crippen LogP contribution in [-0.2, 0) is 15.8 Å². The normalized spacial score (nSPS) is 15.4. The average molecular weight is 596 g/mol. The van der Waals surface area contributed by atoms with Crippen molar-refractivity contribution in [1.29, 1.82) is 0 Å². The number of pyridine rings is 1. The highest BCUT2D eigenvalue weighted by Crippen LogP contribution is 2.38. The molecule has 1 fully saturated rings. The van der Waals surface area contributed by atoms with E-state index in [0.717, 1.165) is 25.1 Å². The number of piperidine rings is 1. The Labute approximate surface area is 243 Å². The Bertz CT molecular complexity index is 1720. The SMILES string of the molecule is CCC(=O)N1CCCC(c2nc(-c3ccc(C(=O)Nc4cc(C(F)(F)F)ccn4)cc3O)c3c(NC(C)=O)nccn23)C1. The summed E-state index contributed by atoms with van der Waals surface area (Å²) in [7, 11) is 0. The lowest BCUT2D eigenvalue weighted by Crippen LogP contribution is -2.39. The third kappa shape index (κ3) is 6.12. The molecule has 4 heterocycles. The first-order valence-corrected chi connectivity index (χ1v) is 13.6. The van der Waals surface area contributed by atoms with Gasteiger partial charge < -0.3 is 20.6 Å². The zero-order chi connectivity index (χ0) is 30.9. The van der Waals surface area contributed by atoms with Gasteiger partial charge >= 0.3 is 6.18 Å². The van der Waals surface area contributed by atoms with Crippen molar-refractivity contribution in [3.05, 3.63) is 65.9 Å². The van der Waals surface area contributed by atoms with Gasteiger partial charge in [0.05, 0.1) is 5.56 Å². The first kappa shape index (κ1) is 29.5. The number of rotatable bonds is 6. The first-order chi connectivity index (χ1) is 20.5. The maximum Gasteiger partial charge on any atom is 0.416 e. The number of alkyl halides is 3. The number of aromatic hydroxyl groups is 1. The van der Waals surface area contributed by atoms with Crippen LogP contribution in [0.5, 0.6) is 5.75 Å². The van der Waals surface area contributed by atoms with Gasteiger partial charge in [-0.15, -0.1) is 0 Å². The van der Waals surface area contributed by atoms with Gasteiger partial charge in [0.1, 0.15) is 28.6 Å². The maximum absolute atomic E-state index is 13.1. The smallest absolute Gasteiger partial charge is 0.416 e. The molecule has 1 unspecified atom stereocenters. The molecule has 0 spiro atoms. The molecule has 11 nitrogen and oxygen atoms in total. The van der Waals surface area contributed by atoms with Gasteiger partial charge in [0.25, 0.3) is 5.91 Å². The van der Waals surface area contributed by atoms with Gasteiger partial charge in [-0.2, -0.15) is 13.2 Å². The van der Waals surface area contributed by atoms with Crippen LogP contribution in [0.1, 0.15) is 60.8 Å². The number of carbonyl (C=O) groups is 3. The number of hydrogen-bond acceptors (Lipinski definition) is 7. The van der Waals surface area contributed by atoms with Crippen LogP contribution < -0.4 is 10.6 Å². The van der Waals surface area contributed by atoms with Crippen LogP contribution in [0.2, 0.25) is 0 Å². The van der Waals surface area contributed by atoms with Crippen molar-refractivity contribution >= 4 is 34.9 Å². The van der Waals surface area contributed by atoms with Crippen LogP contribution >= 0.6 is 0 Å². The number of anilines is 2. The molecule has 0 saturated carbocycles. The predicted octanol–water partition coefficient (Wildman–Crippen LogP) is 4.84. The minimum Gasteiger partial charge on any atom is -0.507 e. The first-order valence-electron chi connectivity index (χ1n) is 13.6. The summed E-state index contributed by atoms with van der Waals surface area (Å²) in [6.07, 6.45) is 1.45. The maximum atomic E-state index is 13.1. The number of imidazole rings is 1. The number of fused-ring (bicyclic) bond motifs is 1. The minimum absolute atomic E-state index is 0.0367. The van der Waals surface area contributed by atoms with Gasteiger partial charge in [-0.05, 0) is 43.2 Å². The lowest BCUT2D eigenvalue weighted by molar-refractivity contribution is -0.137. The summed E-state index contributed by atoms with van der Waals surface area (Å²) in [6.45, 7) is 4.25. The van der Waals surface area contributed by atoms with E-state index in [2.05, 4.69) is 20.6 Å². The molecule has 0 bridgehead atoms. The molecule has 1 atom stereocenters. The molecule has 43 heavy (non-hydrogen) atoms. The highest BCUT2D eigenvalue weighted by atomic mass is 19.4. The van der Waals surface area contributed by atoms with Crippen molar-refractivity contribution < 1.29 is 32.7 Å². The topological polar surface area (TPSA) is 142 Å². The van der Waals surface area contributed by atoms with Crippen molar-refractivity contribution in [3.63, 3.8) is 0 Å². The number of nitrogens with zero attached hydrogens (tertiary/aromatic N) is 5. The predicted molar refractivity (Wildman–Crippen MR) is 150 cm³/mol. The van der Waals surface area contributed by atoms with E-state index in [1.165, 1.54) is 31.3 Å². The Morgan fingerprint density at radius 2 is 1.88 bits per heavy atom. The summed E-state index contributed by atoms with van der Waals surface area (Å²) in [5.74, 6) is -1.06. The van der Waals surface area contributed by atoms with Crippen molar-refractivity contribution in [2.45, 2.75) is 45.2 Å². The van der Waals surface area contributed by atoms with E-state index in [9.17, 15) is 32.7 Å². The van der Waals surface area contributed by atoms with E-state index in [0.29, 0.717) is 36.9 Å². The van der Waals surface area contributed by atoms with Crippen molar-refractivity contribution in [2.75, 3.05) is 23.7 Å². The van der Waals surface area contributed by atoms with Crippen molar-refractivity contribution in [2.24, 2.45) is 0 Å². The number of phenols is 1. The van der Waals surface area contributed by atoms with Gasteiger partial charge in [-0.1, -0.05) is 6.92 Å². The second-order valence-electron chi connectivity index (χ2n) is 10.1. The van der Waals surface area contributed by atoms with Gasteiger partial charge in [0, 0.05) is 62.1 Å². The Morgan fingerprint density at radius 3 is 2.58 bits per heavy atom. The Morgan fingerprint density at radius 1 is 1.09 bits per heavy atom. The molecule has 1 saturated heterocycles. The minimum atomic E-state index is -4.61. The van der Waals surface area contributed by atoms with E-state index >= 15 is 0 Å². The zero-order valence-corrected chi connectivity index (χ0v) is 23.3. The molecule has 4 aromatic rings. The highest BCUT2D eigenvalue weighted by Gasteiger charge is 2.32. The Balaban J connectivity index is 1.52. The fourth-order valence-corrected chi connectivity index (χ4v) is 5.17. The van der Waals surface area contributed by atoms with Crippen LogP contribution in [0, 0.1) is 0 Å². The molecular weight excluding hydrogens is 567 g/mol. The van der Waals surface area contributed by atoms with Crippen LogP contribution in [0.15, 0.2) is 48.9 Å². The zero-order valence-electron chi connectivity index (χ0n) is 23.3. The van der Waals surface area contributed by atoms with E-state index in [-0.39, 0.29) is 51.9 Å². The molecular formula is C29H28F3N7O4. The Kier molecular flexibility index (Phi) is 8.02. The standard InChI is InChI=1S/C29H28F3N7O4/c1-3-23(42)38-11-4-5-18(15-38)27-37-24(25-26(35-16(2)40)34-10-12-39(25)27)20-7-6-17(13-21(20)41)28(43)36-22-14-19(8-9-33-22)29(30,31)32/h6-10,12-14,18,41H,3-5,11,15H2,1-2H3,(H,33,36,43)(H,34,35,40). The molecule has 14 heteroatoms. The van der Waals surface area contributed by atoms with E-state index in [4.69, 9.17) is 4.98 Å². The van der Waals surface area contributed by atoms with Crippen LogP contribution in [0.3, 0.4) is 0 Å². The summed E-state index contributed by atoms with van der Waals surface area (Å²) in [6, 6.07) is 5.51. The number of hydrogen-bond donors (Lipinski definition) is 3. The number of phenolic OH excluding ortho intramolecular Hbond substituents is 1. The molecule has 3 N–H and O–H groups in total. The third-order valence-corrected chi connectivity index (χ3v) is 7.16. The molecule has 5 rings (SSSR count). The molecule has 1 aliphatic rings. The Hall–Kier alpha value is -5.01. The largest absolute Gasteiger partial charge is 0.507 e. The number of likely N-dealkylation sites (tertiary alicyclic amines) is 1. The quantitative estimate of drug-likeness (QED) is 0.290. The van der Waals surface area contributed by atoms with Gasteiger partial charge in [-0.25, -0.2) is 15.0 Å². The van der Waals surface area contributed by atoms with Gasteiger partial charge in [0.15, 0.2) is 5.82 Å².